The van der Waals surface area contributed by atoms with Crippen molar-refractivity contribution < 1.29 is 4.79 Å². The molecule has 120 valence electrons. The van der Waals surface area contributed by atoms with Crippen LogP contribution < -0.4 is 15.5 Å². The molecular weight excluding hydrogens is 274 g/mol. The van der Waals surface area contributed by atoms with E-state index in [0.717, 1.165) is 38.2 Å². The van der Waals surface area contributed by atoms with Gasteiger partial charge in [-0.05, 0) is 57.7 Å². The topological polar surface area (TPSA) is 44.4 Å². The SMILES string of the molecule is C[C@H]1C[C@@H](C(=O)Nc2ccccc2N2CCCCC2)CCN1. The van der Waals surface area contributed by atoms with Crippen LogP contribution in [0.5, 0.6) is 0 Å². The van der Waals surface area contributed by atoms with Gasteiger partial charge in [-0.3, -0.25) is 4.79 Å². The zero-order valence-corrected chi connectivity index (χ0v) is 13.5. The van der Waals surface area contributed by atoms with Crippen molar-refractivity contribution in [3.63, 3.8) is 0 Å². The summed E-state index contributed by atoms with van der Waals surface area (Å²) >= 11 is 0. The van der Waals surface area contributed by atoms with Crippen molar-refractivity contribution in [3.05, 3.63) is 24.3 Å². The van der Waals surface area contributed by atoms with E-state index >= 15 is 0 Å². The zero-order valence-electron chi connectivity index (χ0n) is 13.5. The molecule has 1 amide bonds. The summed E-state index contributed by atoms with van der Waals surface area (Å²) < 4.78 is 0. The van der Waals surface area contributed by atoms with Crippen molar-refractivity contribution in [2.24, 2.45) is 5.92 Å². The molecule has 2 aliphatic rings. The van der Waals surface area contributed by atoms with Gasteiger partial charge in [-0.25, -0.2) is 0 Å². The fourth-order valence-corrected chi connectivity index (χ4v) is 3.59. The summed E-state index contributed by atoms with van der Waals surface area (Å²) in [5, 5.41) is 6.60. The molecule has 2 N–H and O–H groups in total. The third-order valence-corrected chi connectivity index (χ3v) is 4.85. The van der Waals surface area contributed by atoms with Gasteiger partial charge in [0, 0.05) is 25.0 Å². The molecule has 0 unspecified atom stereocenters. The van der Waals surface area contributed by atoms with E-state index in [-0.39, 0.29) is 11.8 Å². The van der Waals surface area contributed by atoms with Crippen LogP contribution in [0.4, 0.5) is 11.4 Å². The van der Waals surface area contributed by atoms with Gasteiger partial charge in [0.15, 0.2) is 0 Å². The number of hydrogen-bond donors (Lipinski definition) is 2. The summed E-state index contributed by atoms with van der Waals surface area (Å²) in [6, 6.07) is 8.67. The van der Waals surface area contributed by atoms with Crippen LogP contribution in [0.25, 0.3) is 0 Å². The first kappa shape index (κ1) is 15.3. The second-order valence-electron chi connectivity index (χ2n) is 6.63. The van der Waals surface area contributed by atoms with E-state index in [4.69, 9.17) is 0 Å². The second kappa shape index (κ2) is 7.14. The maximum Gasteiger partial charge on any atom is 0.227 e. The molecule has 2 heterocycles. The Morgan fingerprint density at radius 3 is 2.77 bits per heavy atom. The van der Waals surface area contributed by atoms with Crippen LogP contribution in [0, 0.1) is 5.92 Å². The first-order valence-corrected chi connectivity index (χ1v) is 8.62. The van der Waals surface area contributed by atoms with Gasteiger partial charge in [-0.2, -0.15) is 0 Å². The number of carbonyl (C=O) groups excluding carboxylic acids is 1. The van der Waals surface area contributed by atoms with Gasteiger partial charge < -0.3 is 15.5 Å². The Bertz CT molecular complexity index is 511. The number of para-hydroxylation sites is 2. The lowest BCUT2D eigenvalue weighted by Crippen LogP contribution is -2.40. The van der Waals surface area contributed by atoms with Gasteiger partial charge in [-0.15, -0.1) is 0 Å². The van der Waals surface area contributed by atoms with Crippen LogP contribution in [-0.4, -0.2) is 31.6 Å². The van der Waals surface area contributed by atoms with Crippen molar-refractivity contribution in [1.29, 1.82) is 0 Å². The van der Waals surface area contributed by atoms with Crippen LogP contribution in [0.3, 0.4) is 0 Å². The van der Waals surface area contributed by atoms with Gasteiger partial charge in [-0.1, -0.05) is 12.1 Å². The molecule has 0 saturated carbocycles. The van der Waals surface area contributed by atoms with Crippen LogP contribution in [0.2, 0.25) is 0 Å². The molecular formula is C18H27N3O. The minimum atomic E-state index is 0.130. The highest BCUT2D eigenvalue weighted by Crippen LogP contribution is 2.29. The van der Waals surface area contributed by atoms with E-state index in [2.05, 4.69) is 34.6 Å². The van der Waals surface area contributed by atoms with Gasteiger partial charge in [0.1, 0.15) is 0 Å². The van der Waals surface area contributed by atoms with E-state index in [9.17, 15) is 4.79 Å². The number of carbonyl (C=O) groups is 1. The number of amides is 1. The molecule has 22 heavy (non-hydrogen) atoms. The summed E-state index contributed by atoms with van der Waals surface area (Å²) in [5.74, 6) is 0.309. The molecule has 4 heteroatoms. The summed E-state index contributed by atoms with van der Waals surface area (Å²) in [4.78, 5) is 15.0. The fourth-order valence-electron chi connectivity index (χ4n) is 3.59. The number of benzene rings is 1. The van der Waals surface area contributed by atoms with Crippen LogP contribution in [0.1, 0.15) is 39.0 Å². The highest BCUT2D eigenvalue weighted by atomic mass is 16.1. The molecule has 2 aliphatic heterocycles. The molecule has 0 aromatic heterocycles. The van der Waals surface area contributed by atoms with Gasteiger partial charge >= 0.3 is 0 Å². The zero-order chi connectivity index (χ0) is 15.4. The molecule has 1 aromatic rings. The van der Waals surface area contributed by atoms with Crippen LogP contribution in [0.15, 0.2) is 24.3 Å². The minimum absolute atomic E-state index is 0.130. The summed E-state index contributed by atoms with van der Waals surface area (Å²) in [7, 11) is 0. The highest BCUT2D eigenvalue weighted by Gasteiger charge is 2.25. The summed E-state index contributed by atoms with van der Waals surface area (Å²) in [5.41, 5.74) is 2.15. The molecule has 0 bridgehead atoms. The Kier molecular flexibility index (Phi) is 4.98. The Morgan fingerprint density at radius 2 is 2.00 bits per heavy atom. The van der Waals surface area contributed by atoms with Crippen molar-refractivity contribution >= 4 is 17.3 Å². The minimum Gasteiger partial charge on any atom is -0.370 e. The maximum atomic E-state index is 12.6. The first-order valence-electron chi connectivity index (χ1n) is 8.62. The Labute approximate surface area is 133 Å². The van der Waals surface area contributed by atoms with Gasteiger partial charge in [0.25, 0.3) is 0 Å². The number of piperidine rings is 2. The Morgan fingerprint density at radius 1 is 1.23 bits per heavy atom. The van der Waals surface area contributed by atoms with E-state index in [1.807, 2.05) is 12.1 Å². The van der Waals surface area contributed by atoms with Crippen molar-refractivity contribution in [2.75, 3.05) is 29.9 Å². The van der Waals surface area contributed by atoms with E-state index < -0.39 is 0 Å². The van der Waals surface area contributed by atoms with E-state index in [1.165, 1.54) is 24.9 Å². The number of hydrogen-bond acceptors (Lipinski definition) is 3. The lowest BCUT2D eigenvalue weighted by molar-refractivity contribution is -0.120. The van der Waals surface area contributed by atoms with Crippen LogP contribution in [-0.2, 0) is 4.79 Å². The third kappa shape index (κ3) is 3.61. The summed E-state index contributed by atoms with van der Waals surface area (Å²) in [6.45, 7) is 5.28. The van der Waals surface area contributed by atoms with Crippen molar-refractivity contribution in [1.82, 2.24) is 5.32 Å². The molecule has 2 atom stereocenters. The fraction of sp³-hybridized carbons (Fsp3) is 0.611. The average Bonchev–Trinajstić information content (AvgIpc) is 2.56. The predicted molar refractivity (Wildman–Crippen MR) is 91.3 cm³/mol. The lowest BCUT2D eigenvalue weighted by atomic mass is 9.92. The quantitative estimate of drug-likeness (QED) is 0.902. The smallest absolute Gasteiger partial charge is 0.227 e. The molecule has 1 aromatic carbocycles. The lowest BCUT2D eigenvalue weighted by Gasteiger charge is -2.31. The number of nitrogens with zero attached hydrogens (tertiary/aromatic N) is 1. The second-order valence-corrected chi connectivity index (χ2v) is 6.63. The number of rotatable bonds is 3. The number of anilines is 2. The van der Waals surface area contributed by atoms with E-state index in [0.29, 0.717) is 6.04 Å². The van der Waals surface area contributed by atoms with Crippen LogP contribution >= 0.6 is 0 Å². The first-order chi connectivity index (χ1) is 10.7. The maximum absolute atomic E-state index is 12.6. The molecule has 2 fully saturated rings. The number of nitrogens with one attached hydrogen (secondary N) is 2. The van der Waals surface area contributed by atoms with Crippen molar-refractivity contribution in [3.8, 4) is 0 Å². The predicted octanol–water partition coefficient (Wildman–Crippen LogP) is 3.00. The third-order valence-electron chi connectivity index (χ3n) is 4.85. The monoisotopic (exact) mass is 301 g/mol. The van der Waals surface area contributed by atoms with Gasteiger partial charge in [0.2, 0.25) is 5.91 Å². The largest absolute Gasteiger partial charge is 0.370 e. The van der Waals surface area contributed by atoms with E-state index in [1.54, 1.807) is 0 Å². The molecule has 0 spiro atoms. The Balaban J connectivity index is 1.70. The molecule has 0 radical (unpaired) electrons. The summed E-state index contributed by atoms with van der Waals surface area (Å²) in [6.07, 6.45) is 5.67. The average molecular weight is 301 g/mol. The van der Waals surface area contributed by atoms with Gasteiger partial charge in [0.05, 0.1) is 11.4 Å². The standard InChI is InChI=1S/C18H27N3O/c1-14-13-15(9-10-19-14)18(22)20-16-7-3-4-8-17(16)21-11-5-2-6-12-21/h3-4,7-8,14-15,19H,2,5-6,9-13H2,1H3,(H,20,22)/t14-,15-/m0/s1. The molecule has 2 saturated heterocycles. The molecule has 0 aliphatic carbocycles. The van der Waals surface area contributed by atoms with Crippen molar-refractivity contribution in [2.45, 2.75) is 45.1 Å². The highest BCUT2D eigenvalue weighted by molar-refractivity contribution is 5.96. The molecule has 4 nitrogen and oxygen atoms in total. The Hall–Kier alpha value is -1.55. The normalized spacial score (nSPS) is 25.8. The molecule has 3 rings (SSSR count).